The zero-order valence-electron chi connectivity index (χ0n) is 11.2. The molecular formula is C16H25N. The zero-order valence-corrected chi connectivity index (χ0v) is 11.2. The van der Waals surface area contributed by atoms with Crippen molar-refractivity contribution in [2.24, 2.45) is 11.7 Å². The smallest absolute Gasteiger partial charge is 0.0323 e. The van der Waals surface area contributed by atoms with E-state index in [1.807, 2.05) is 0 Å². The van der Waals surface area contributed by atoms with Crippen LogP contribution in [0.25, 0.3) is 0 Å². The van der Waals surface area contributed by atoms with Crippen molar-refractivity contribution in [3.8, 4) is 0 Å². The molecule has 2 rings (SSSR count). The predicted molar refractivity (Wildman–Crippen MR) is 74.1 cm³/mol. The van der Waals surface area contributed by atoms with Gasteiger partial charge in [0.25, 0.3) is 0 Å². The second-order valence-corrected chi connectivity index (χ2v) is 5.34. The summed E-state index contributed by atoms with van der Waals surface area (Å²) in [4.78, 5) is 0. The van der Waals surface area contributed by atoms with Crippen molar-refractivity contribution >= 4 is 0 Å². The van der Waals surface area contributed by atoms with E-state index < -0.39 is 0 Å². The largest absolute Gasteiger partial charge is 0.324 e. The second-order valence-electron chi connectivity index (χ2n) is 5.34. The van der Waals surface area contributed by atoms with E-state index in [1.165, 1.54) is 44.1 Å². The van der Waals surface area contributed by atoms with Gasteiger partial charge in [0.2, 0.25) is 0 Å². The number of rotatable bonds is 4. The Balaban J connectivity index is 2.21. The molecule has 0 radical (unpaired) electrons. The molecule has 1 unspecified atom stereocenters. The van der Waals surface area contributed by atoms with Crippen molar-refractivity contribution < 1.29 is 0 Å². The molecule has 0 spiro atoms. The van der Waals surface area contributed by atoms with Crippen molar-refractivity contribution in [2.75, 3.05) is 0 Å². The maximum atomic E-state index is 6.39. The molecule has 1 aliphatic rings. The van der Waals surface area contributed by atoms with Crippen LogP contribution in [-0.4, -0.2) is 0 Å². The first-order valence-electron chi connectivity index (χ1n) is 7.13. The molecule has 1 aromatic carbocycles. The fourth-order valence-electron chi connectivity index (χ4n) is 3.03. The molecule has 0 bridgehead atoms. The fraction of sp³-hybridized carbons (Fsp3) is 0.625. The molecule has 0 aromatic heterocycles. The van der Waals surface area contributed by atoms with Gasteiger partial charge in [-0.15, -0.1) is 0 Å². The van der Waals surface area contributed by atoms with Gasteiger partial charge in [0.15, 0.2) is 0 Å². The molecule has 1 aromatic rings. The summed E-state index contributed by atoms with van der Waals surface area (Å²) in [6.07, 6.45) is 7.56. The zero-order chi connectivity index (χ0) is 12.3. The summed E-state index contributed by atoms with van der Waals surface area (Å²) in [7, 11) is 0. The molecular weight excluding hydrogens is 206 g/mol. The lowest BCUT2D eigenvalue weighted by atomic mass is 9.85. The van der Waals surface area contributed by atoms with E-state index in [2.05, 4.69) is 32.0 Å². The van der Waals surface area contributed by atoms with Gasteiger partial charge in [-0.1, -0.05) is 44.9 Å². The molecule has 1 heteroatoms. The van der Waals surface area contributed by atoms with Crippen LogP contribution in [0.4, 0.5) is 0 Å². The first-order chi connectivity index (χ1) is 8.26. The van der Waals surface area contributed by atoms with E-state index in [-0.39, 0.29) is 6.04 Å². The van der Waals surface area contributed by atoms with Crippen molar-refractivity contribution in [1.82, 2.24) is 0 Å². The Morgan fingerprint density at radius 3 is 2.35 bits per heavy atom. The van der Waals surface area contributed by atoms with Crippen LogP contribution in [0.1, 0.15) is 62.3 Å². The molecule has 2 N–H and O–H groups in total. The summed E-state index contributed by atoms with van der Waals surface area (Å²) in [6.45, 7) is 4.48. The van der Waals surface area contributed by atoms with Crippen LogP contribution in [0.3, 0.4) is 0 Å². The average Bonchev–Trinajstić information content (AvgIpc) is 2.39. The highest BCUT2D eigenvalue weighted by Gasteiger charge is 2.18. The lowest BCUT2D eigenvalue weighted by molar-refractivity contribution is 0.405. The number of hydrogen-bond donors (Lipinski definition) is 1. The second kappa shape index (κ2) is 5.68. The Morgan fingerprint density at radius 1 is 1.06 bits per heavy atom. The van der Waals surface area contributed by atoms with E-state index in [4.69, 9.17) is 5.73 Å². The van der Waals surface area contributed by atoms with Crippen LogP contribution in [0.15, 0.2) is 18.2 Å². The van der Waals surface area contributed by atoms with Crippen LogP contribution in [0.2, 0.25) is 0 Å². The molecule has 1 atom stereocenters. The Labute approximate surface area is 105 Å². The van der Waals surface area contributed by atoms with Crippen LogP contribution in [0, 0.1) is 5.92 Å². The molecule has 0 amide bonds. The molecule has 0 saturated carbocycles. The standard InChI is InChI=1S/C16H25N/c1-3-12(4-2)16(17)15-10-9-13-7-5-6-8-14(13)11-15/h9-12,16H,3-8,17H2,1-2H3. The Morgan fingerprint density at radius 2 is 1.71 bits per heavy atom. The summed E-state index contributed by atoms with van der Waals surface area (Å²) in [5.74, 6) is 0.622. The summed E-state index contributed by atoms with van der Waals surface area (Å²) in [5, 5.41) is 0. The number of nitrogens with two attached hydrogens (primary N) is 1. The summed E-state index contributed by atoms with van der Waals surface area (Å²) >= 11 is 0. The third-order valence-electron chi connectivity index (χ3n) is 4.31. The van der Waals surface area contributed by atoms with Gasteiger partial charge in [-0.25, -0.2) is 0 Å². The van der Waals surface area contributed by atoms with Gasteiger partial charge in [-0.2, -0.15) is 0 Å². The lowest BCUT2D eigenvalue weighted by Crippen LogP contribution is -2.21. The van der Waals surface area contributed by atoms with Crippen molar-refractivity contribution in [3.05, 3.63) is 34.9 Å². The van der Waals surface area contributed by atoms with E-state index in [9.17, 15) is 0 Å². The molecule has 0 fully saturated rings. The average molecular weight is 231 g/mol. The van der Waals surface area contributed by atoms with Crippen LogP contribution >= 0.6 is 0 Å². The highest BCUT2D eigenvalue weighted by atomic mass is 14.6. The lowest BCUT2D eigenvalue weighted by Gasteiger charge is -2.24. The first-order valence-corrected chi connectivity index (χ1v) is 7.13. The van der Waals surface area contributed by atoms with E-state index in [0.717, 1.165) is 0 Å². The van der Waals surface area contributed by atoms with Crippen molar-refractivity contribution in [2.45, 2.75) is 58.4 Å². The highest BCUT2D eigenvalue weighted by molar-refractivity contribution is 5.35. The van der Waals surface area contributed by atoms with E-state index in [1.54, 1.807) is 11.1 Å². The Hall–Kier alpha value is -0.820. The molecule has 1 nitrogen and oxygen atoms in total. The number of fused-ring (bicyclic) bond motifs is 1. The quantitative estimate of drug-likeness (QED) is 0.832. The first kappa shape index (κ1) is 12.6. The van der Waals surface area contributed by atoms with Gasteiger partial charge in [0.05, 0.1) is 0 Å². The minimum Gasteiger partial charge on any atom is -0.324 e. The fourth-order valence-corrected chi connectivity index (χ4v) is 3.03. The number of aryl methyl sites for hydroxylation is 2. The van der Waals surface area contributed by atoms with E-state index in [0.29, 0.717) is 5.92 Å². The van der Waals surface area contributed by atoms with Crippen LogP contribution in [-0.2, 0) is 12.8 Å². The minimum absolute atomic E-state index is 0.220. The molecule has 0 heterocycles. The minimum atomic E-state index is 0.220. The van der Waals surface area contributed by atoms with Crippen LogP contribution < -0.4 is 5.73 Å². The van der Waals surface area contributed by atoms with Gasteiger partial charge < -0.3 is 5.73 Å². The normalized spacial score (nSPS) is 16.9. The maximum absolute atomic E-state index is 6.39. The SMILES string of the molecule is CCC(CC)C(N)c1ccc2c(c1)CCCC2. The van der Waals surface area contributed by atoms with E-state index >= 15 is 0 Å². The van der Waals surface area contributed by atoms with Gasteiger partial charge >= 0.3 is 0 Å². The molecule has 0 saturated heterocycles. The number of hydrogen-bond acceptors (Lipinski definition) is 1. The summed E-state index contributed by atoms with van der Waals surface area (Å²) < 4.78 is 0. The van der Waals surface area contributed by atoms with Crippen LogP contribution in [0.5, 0.6) is 0 Å². The van der Waals surface area contributed by atoms with Crippen molar-refractivity contribution in [1.29, 1.82) is 0 Å². The molecule has 1 aliphatic carbocycles. The third-order valence-corrected chi connectivity index (χ3v) is 4.31. The third kappa shape index (κ3) is 2.71. The molecule has 17 heavy (non-hydrogen) atoms. The molecule has 94 valence electrons. The Bertz CT molecular complexity index is 366. The molecule has 0 aliphatic heterocycles. The van der Waals surface area contributed by atoms with Gasteiger partial charge in [-0.05, 0) is 48.3 Å². The Kier molecular flexibility index (Phi) is 4.22. The summed E-state index contributed by atoms with van der Waals surface area (Å²) in [6, 6.07) is 7.16. The maximum Gasteiger partial charge on any atom is 0.0323 e. The highest BCUT2D eigenvalue weighted by Crippen LogP contribution is 2.29. The monoisotopic (exact) mass is 231 g/mol. The van der Waals surface area contributed by atoms with Gasteiger partial charge in [-0.3, -0.25) is 0 Å². The summed E-state index contributed by atoms with van der Waals surface area (Å²) in [5.41, 5.74) is 10.8. The van der Waals surface area contributed by atoms with Gasteiger partial charge in [0, 0.05) is 6.04 Å². The van der Waals surface area contributed by atoms with Crippen molar-refractivity contribution in [3.63, 3.8) is 0 Å². The van der Waals surface area contributed by atoms with Gasteiger partial charge in [0.1, 0.15) is 0 Å². The topological polar surface area (TPSA) is 26.0 Å². The predicted octanol–water partition coefficient (Wildman–Crippen LogP) is 4.00. The number of benzene rings is 1.